The van der Waals surface area contributed by atoms with E-state index in [9.17, 15) is 9.59 Å². The van der Waals surface area contributed by atoms with E-state index in [4.69, 9.17) is 5.73 Å². The van der Waals surface area contributed by atoms with Gasteiger partial charge < -0.3 is 16.0 Å². The lowest BCUT2D eigenvalue weighted by Crippen LogP contribution is -2.59. The molecule has 1 aliphatic heterocycles. The number of likely N-dealkylation sites (tertiary alicyclic amines) is 1. The number of carbonyl (C=O) groups excluding carboxylic acids is 2. The number of hydrogen-bond donors (Lipinski definition) is 2. The summed E-state index contributed by atoms with van der Waals surface area (Å²) in [6.45, 7) is 3.66. The van der Waals surface area contributed by atoms with Gasteiger partial charge in [-0.15, -0.1) is 12.4 Å². The van der Waals surface area contributed by atoms with E-state index in [1.165, 1.54) is 6.92 Å². The van der Waals surface area contributed by atoms with Crippen molar-refractivity contribution in [1.82, 2.24) is 10.2 Å². The summed E-state index contributed by atoms with van der Waals surface area (Å²) in [6, 6.07) is 0. The van der Waals surface area contributed by atoms with Crippen molar-refractivity contribution in [2.45, 2.75) is 51.0 Å². The van der Waals surface area contributed by atoms with E-state index < -0.39 is 5.54 Å². The average molecular weight is 304 g/mol. The Kier molecular flexibility index (Phi) is 6.27. The zero-order chi connectivity index (χ0) is 13.9. The van der Waals surface area contributed by atoms with E-state index in [1.807, 2.05) is 4.90 Å². The molecule has 0 spiro atoms. The number of nitrogens with one attached hydrogen (secondary N) is 1. The summed E-state index contributed by atoms with van der Waals surface area (Å²) >= 11 is 0. The monoisotopic (exact) mass is 303 g/mol. The third-order valence-electron chi connectivity index (χ3n) is 4.44. The van der Waals surface area contributed by atoms with Crippen molar-refractivity contribution in [1.29, 1.82) is 0 Å². The van der Waals surface area contributed by atoms with Crippen LogP contribution in [0.3, 0.4) is 0 Å². The number of nitrogens with zero attached hydrogens (tertiary/aromatic N) is 1. The second kappa shape index (κ2) is 7.27. The molecule has 2 amide bonds. The normalized spacial score (nSPS) is 24.9. The van der Waals surface area contributed by atoms with Gasteiger partial charge in [-0.2, -0.15) is 0 Å². The van der Waals surface area contributed by atoms with Gasteiger partial charge in [0.1, 0.15) is 5.54 Å². The minimum atomic E-state index is -0.645. The van der Waals surface area contributed by atoms with Crippen LogP contribution in [0.4, 0.5) is 0 Å². The largest absolute Gasteiger partial charge is 0.342 e. The summed E-state index contributed by atoms with van der Waals surface area (Å²) in [4.78, 5) is 26.1. The highest BCUT2D eigenvalue weighted by Crippen LogP contribution is 2.31. The highest BCUT2D eigenvalue weighted by molar-refractivity contribution is 5.91. The Morgan fingerprint density at radius 3 is 2.45 bits per heavy atom. The average Bonchev–Trinajstić information content (AvgIpc) is 2.86. The Hall–Kier alpha value is -0.810. The Bertz CT molecular complexity index is 356. The number of rotatable bonds is 3. The van der Waals surface area contributed by atoms with Crippen LogP contribution in [0.2, 0.25) is 0 Å². The van der Waals surface area contributed by atoms with Crippen LogP contribution in [0, 0.1) is 5.92 Å². The fraction of sp³-hybridized carbons (Fsp3) is 0.857. The Morgan fingerprint density at radius 1 is 1.30 bits per heavy atom. The molecule has 1 heterocycles. The lowest BCUT2D eigenvalue weighted by molar-refractivity contribution is -0.142. The molecule has 0 aromatic heterocycles. The van der Waals surface area contributed by atoms with E-state index in [1.54, 1.807) is 0 Å². The van der Waals surface area contributed by atoms with Gasteiger partial charge in [0.05, 0.1) is 0 Å². The Labute approximate surface area is 127 Å². The van der Waals surface area contributed by atoms with Crippen LogP contribution in [0.15, 0.2) is 0 Å². The standard InChI is InChI=1S/C14H25N3O2.ClH/c1-11(18)16-14(6-3-2-4-7-14)13(19)17-8-5-12(9-15)10-17;/h12H,2-10,15H2,1H3,(H,16,18);1H. The van der Waals surface area contributed by atoms with E-state index in [-0.39, 0.29) is 24.2 Å². The lowest BCUT2D eigenvalue weighted by atomic mass is 9.80. The van der Waals surface area contributed by atoms with Gasteiger partial charge in [-0.05, 0) is 31.7 Å². The SMILES string of the molecule is CC(=O)NC1(C(=O)N2CCC(CN)C2)CCCCC1.Cl. The first-order chi connectivity index (χ1) is 9.07. The molecule has 0 aromatic carbocycles. The maximum atomic E-state index is 12.8. The minimum Gasteiger partial charge on any atom is -0.342 e. The van der Waals surface area contributed by atoms with Crippen LogP contribution in [0.5, 0.6) is 0 Å². The quantitative estimate of drug-likeness (QED) is 0.818. The molecule has 6 heteroatoms. The molecule has 1 aliphatic carbocycles. The van der Waals surface area contributed by atoms with Gasteiger partial charge in [0.25, 0.3) is 0 Å². The molecule has 0 aromatic rings. The molecule has 5 nitrogen and oxygen atoms in total. The second-order valence-corrected chi connectivity index (χ2v) is 5.97. The summed E-state index contributed by atoms with van der Waals surface area (Å²) in [5, 5.41) is 2.94. The highest BCUT2D eigenvalue weighted by atomic mass is 35.5. The number of nitrogens with two attached hydrogens (primary N) is 1. The fourth-order valence-corrected chi connectivity index (χ4v) is 3.40. The third-order valence-corrected chi connectivity index (χ3v) is 4.44. The van der Waals surface area contributed by atoms with Crippen molar-refractivity contribution in [2.24, 2.45) is 11.7 Å². The minimum absolute atomic E-state index is 0. The van der Waals surface area contributed by atoms with Gasteiger partial charge >= 0.3 is 0 Å². The smallest absolute Gasteiger partial charge is 0.248 e. The second-order valence-electron chi connectivity index (χ2n) is 5.97. The van der Waals surface area contributed by atoms with Crippen LogP contribution in [0.1, 0.15) is 45.4 Å². The van der Waals surface area contributed by atoms with Crippen molar-refractivity contribution in [3.63, 3.8) is 0 Å². The summed E-state index contributed by atoms with van der Waals surface area (Å²) in [6.07, 6.45) is 5.71. The summed E-state index contributed by atoms with van der Waals surface area (Å²) in [7, 11) is 0. The van der Waals surface area contributed by atoms with Crippen LogP contribution < -0.4 is 11.1 Å². The molecule has 2 fully saturated rings. The Balaban J connectivity index is 0.00000200. The predicted octanol–water partition coefficient (Wildman–Crippen LogP) is 1.05. The van der Waals surface area contributed by atoms with Gasteiger partial charge in [-0.25, -0.2) is 0 Å². The lowest BCUT2D eigenvalue weighted by Gasteiger charge is -2.39. The Morgan fingerprint density at radius 2 is 1.95 bits per heavy atom. The molecule has 20 heavy (non-hydrogen) atoms. The highest BCUT2D eigenvalue weighted by Gasteiger charge is 2.44. The summed E-state index contributed by atoms with van der Waals surface area (Å²) in [5.41, 5.74) is 5.04. The first kappa shape index (κ1) is 17.2. The molecule has 2 rings (SSSR count). The van der Waals surface area contributed by atoms with Gasteiger partial charge in [-0.3, -0.25) is 9.59 Å². The van der Waals surface area contributed by atoms with Gasteiger partial charge in [-0.1, -0.05) is 19.3 Å². The van der Waals surface area contributed by atoms with Gasteiger partial charge in [0.15, 0.2) is 0 Å². The van der Waals surface area contributed by atoms with E-state index >= 15 is 0 Å². The topological polar surface area (TPSA) is 75.4 Å². The molecule has 1 atom stereocenters. The molecule has 1 unspecified atom stereocenters. The number of halogens is 1. The van der Waals surface area contributed by atoms with Crippen LogP contribution in [-0.2, 0) is 9.59 Å². The number of amides is 2. The van der Waals surface area contributed by atoms with Crippen molar-refractivity contribution < 1.29 is 9.59 Å². The molecule has 0 bridgehead atoms. The predicted molar refractivity (Wildman–Crippen MR) is 80.6 cm³/mol. The summed E-state index contributed by atoms with van der Waals surface area (Å²) < 4.78 is 0. The molecular formula is C14H26ClN3O2. The zero-order valence-corrected chi connectivity index (χ0v) is 13.0. The molecule has 3 N–H and O–H groups in total. The number of hydrogen-bond acceptors (Lipinski definition) is 3. The first-order valence-corrected chi connectivity index (χ1v) is 7.35. The summed E-state index contributed by atoms with van der Waals surface area (Å²) in [5.74, 6) is 0.421. The van der Waals surface area contributed by atoms with E-state index in [0.717, 1.165) is 51.6 Å². The van der Waals surface area contributed by atoms with Crippen molar-refractivity contribution in [3.05, 3.63) is 0 Å². The molecule has 0 radical (unpaired) electrons. The van der Waals surface area contributed by atoms with Crippen LogP contribution in [0.25, 0.3) is 0 Å². The van der Waals surface area contributed by atoms with Crippen LogP contribution in [-0.4, -0.2) is 41.9 Å². The van der Waals surface area contributed by atoms with E-state index in [0.29, 0.717) is 12.5 Å². The van der Waals surface area contributed by atoms with E-state index in [2.05, 4.69) is 5.32 Å². The molecule has 1 saturated carbocycles. The number of carbonyl (C=O) groups is 2. The molecule has 1 saturated heterocycles. The molecular weight excluding hydrogens is 278 g/mol. The van der Waals surface area contributed by atoms with Crippen molar-refractivity contribution in [3.8, 4) is 0 Å². The zero-order valence-electron chi connectivity index (χ0n) is 12.2. The van der Waals surface area contributed by atoms with Gasteiger partial charge in [0.2, 0.25) is 11.8 Å². The van der Waals surface area contributed by atoms with Crippen molar-refractivity contribution in [2.75, 3.05) is 19.6 Å². The maximum absolute atomic E-state index is 12.8. The third kappa shape index (κ3) is 3.64. The maximum Gasteiger partial charge on any atom is 0.248 e. The fourth-order valence-electron chi connectivity index (χ4n) is 3.40. The first-order valence-electron chi connectivity index (χ1n) is 7.35. The van der Waals surface area contributed by atoms with Crippen molar-refractivity contribution >= 4 is 24.2 Å². The molecule has 116 valence electrons. The molecule has 2 aliphatic rings. The van der Waals surface area contributed by atoms with Crippen LogP contribution >= 0.6 is 12.4 Å². The van der Waals surface area contributed by atoms with Gasteiger partial charge in [0, 0.05) is 20.0 Å².